The average Bonchev–Trinajstić information content (AvgIpc) is 2.68. The van der Waals surface area contributed by atoms with E-state index in [0.29, 0.717) is 22.0 Å². The maximum Gasteiger partial charge on any atom is 0.265 e. The maximum absolute atomic E-state index is 13.1. The van der Waals surface area contributed by atoms with Gasteiger partial charge < -0.3 is 5.11 Å². The number of aryl methyl sites for hydroxylation is 2. The first-order chi connectivity index (χ1) is 13.5. The number of hydrogen-bond donors (Lipinski definition) is 1. The Hall–Kier alpha value is -3.66. The minimum Gasteiger partial charge on any atom is -0.494 e. The standard InChI is InChI=1S/C24H20N2O2/c1-16-7-5-9-18(13-16)25-15-22-20-11-3-4-12-21(20)23(27)26(24(22)28)19-10-6-8-17(2)14-19/h3-15,28H,1-2H3. The number of aromatic hydroxyl groups is 1. The van der Waals surface area contributed by atoms with Crippen LogP contribution in [0.25, 0.3) is 16.5 Å². The second-order valence-electron chi connectivity index (χ2n) is 6.86. The van der Waals surface area contributed by atoms with E-state index in [4.69, 9.17) is 0 Å². The minimum atomic E-state index is -0.258. The summed E-state index contributed by atoms with van der Waals surface area (Å²) in [7, 11) is 0. The number of aliphatic imine (C=N–C) groups is 1. The van der Waals surface area contributed by atoms with Crippen molar-refractivity contribution in [3.63, 3.8) is 0 Å². The molecule has 1 heterocycles. The third kappa shape index (κ3) is 3.21. The van der Waals surface area contributed by atoms with Crippen LogP contribution in [0.4, 0.5) is 5.69 Å². The van der Waals surface area contributed by atoms with Gasteiger partial charge in [0.25, 0.3) is 5.56 Å². The lowest BCUT2D eigenvalue weighted by atomic mass is 10.1. The first-order valence-corrected chi connectivity index (χ1v) is 9.09. The predicted molar refractivity (Wildman–Crippen MR) is 114 cm³/mol. The van der Waals surface area contributed by atoms with Crippen LogP contribution in [-0.4, -0.2) is 15.9 Å². The lowest BCUT2D eigenvalue weighted by Gasteiger charge is -2.14. The van der Waals surface area contributed by atoms with Crippen LogP contribution < -0.4 is 5.56 Å². The summed E-state index contributed by atoms with van der Waals surface area (Å²) in [6, 6.07) is 22.6. The molecule has 4 nitrogen and oxygen atoms in total. The second-order valence-corrected chi connectivity index (χ2v) is 6.86. The average molecular weight is 368 g/mol. The summed E-state index contributed by atoms with van der Waals surface area (Å²) in [6.07, 6.45) is 1.62. The van der Waals surface area contributed by atoms with Crippen molar-refractivity contribution in [3.8, 4) is 11.6 Å². The molecule has 4 aromatic rings. The molecule has 0 spiro atoms. The van der Waals surface area contributed by atoms with E-state index in [9.17, 15) is 9.90 Å². The van der Waals surface area contributed by atoms with Gasteiger partial charge in [0.2, 0.25) is 5.88 Å². The molecule has 3 aromatic carbocycles. The van der Waals surface area contributed by atoms with Gasteiger partial charge >= 0.3 is 0 Å². The molecule has 138 valence electrons. The Morgan fingerprint density at radius 1 is 0.857 bits per heavy atom. The molecule has 0 unspecified atom stereocenters. The summed E-state index contributed by atoms with van der Waals surface area (Å²) in [6.45, 7) is 3.95. The van der Waals surface area contributed by atoms with Crippen molar-refractivity contribution in [2.24, 2.45) is 4.99 Å². The summed E-state index contributed by atoms with van der Waals surface area (Å²) in [5, 5.41) is 12.2. The Balaban J connectivity index is 1.99. The Bertz CT molecular complexity index is 1270. The molecule has 4 rings (SSSR count). The van der Waals surface area contributed by atoms with Crippen LogP contribution in [0, 0.1) is 13.8 Å². The van der Waals surface area contributed by atoms with Crippen molar-refractivity contribution in [1.82, 2.24) is 4.57 Å². The molecule has 0 radical (unpaired) electrons. The summed E-state index contributed by atoms with van der Waals surface area (Å²) < 4.78 is 1.34. The fourth-order valence-electron chi connectivity index (χ4n) is 3.34. The minimum absolute atomic E-state index is 0.120. The van der Waals surface area contributed by atoms with Gasteiger partial charge in [-0.3, -0.25) is 9.79 Å². The van der Waals surface area contributed by atoms with Crippen LogP contribution in [0.15, 0.2) is 82.6 Å². The molecule has 0 fully saturated rings. The van der Waals surface area contributed by atoms with Crippen LogP contribution in [0.5, 0.6) is 5.88 Å². The molecule has 0 amide bonds. The first kappa shape index (κ1) is 17.7. The van der Waals surface area contributed by atoms with Gasteiger partial charge in [-0.2, -0.15) is 0 Å². The first-order valence-electron chi connectivity index (χ1n) is 9.09. The highest BCUT2D eigenvalue weighted by atomic mass is 16.3. The molecule has 0 aliphatic heterocycles. The van der Waals surface area contributed by atoms with Crippen molar-refractivity contribution in [2.75, 3.05) is 0 Å². The van der Waals surface area contributed by atoms with Gasteiger partial charge in [-0.05, 0) is 55.3 Å². The van der Waals surface area contributed by atoms with Crippen molar-refractivity contribution < 1.29 is 5.11 Å². The van der Waals surface area contributed by atoms with Gasteiger partial charge in [0.05, 0.1) is 16.9 Å². The molecule has 0 aliphatic rings. The normalized spacial score (nSPS) is 11.4. The molecule has 0 saturated heterocycles. The maximum atomic E-state index is 13.1. The molecule has 0 bridgehead atoms. The zero-order valence-corrected chi connectivity index (χ0v) is 15.8. The molecule has 1 aromatic heterocycles. The van der Waals surface area contributed by atoms with E-state index >= 15 is 0 Å². The summed E-state index contributed by atoms with van der Waals surface area (Å²) in [5.74, 6) is -0.120. The van der Waals surface area contributed by atoms with Crippen LogP contribution in [0.1, 0.15) is 16.7 Å². The van der Waals surface area contributed by atoms with E-state index in [0.717, 1.165) is 16.8 Å². The molecule has 0 saturated carbocycles. The lowest BCUT2D eigenvalue weighted by Crippen LogP contribution is -2.20. The topological polar surface area (TPSA) is 54.6 Å². The smallest absolute Gasteiger partial charge is 0.265 e. The number of fused-ring (bicyclic) bond motifs is 1. The van der Waals surface area contributed by atoms with Crippen molar-refractivity contribution >= 4 is 22.7 Å². The quantitative estimate of drug-likeness (QED) is 0.514. The Labute approximate surface area is 163 Å². The Kier molecular flexibility index (Phi) is 4.53. The van der Waals surface area contributed by atoms with E-state index in [1.165, 1.54) is 4.57 Å². The highest BCUT2D eigenvalue weighted by Gasteiger charge is 2.16. The lowest BCUT2D eigenvalue weighted by molar-refractivity contribution is 0.436. The molecular formula is C24H20N2O2. The van der Waals surface area contributed by atoms with E-state index in [2.05, 4.69) is 4.99 Å². The Morgan fingerprint density at radius 2 is 1.54 bits per heavy atom. The fourth-order valence-corrected chi connectivity index (χ4v) is 3.34. The number of pyridine rings is 1. The highest BCUT2D eigenvalue weighted by Crippen LogP contribution is 2.27. The molecule has 4 heteroatoms. The van der Waals surface area contributed by atoms with Gasteiger partial charge in [0.15, 0.2) is 0 Å². The van der Waals surface area contributed by atoms with Gasteiger partial charge in [-0.1, -0.05) is 42.5 Å². The van der Waals surface area contributed by atoms with Crippen LogP contribution in [-0.2, 0) is 0 Å². The SMILES string of the molecule is Cc1cccc(N=Cc2c(O)n(-c3cccc(C)c3)c(=O)c3ccccc23)c1. The summed E-state index contributed by atoms with van der Waals surface area (Å²) in [5.41, 5.74) is 3.78. The van der Waals surface area contributed by atoms with Gasteiger partial charge in [0, 0.05) is 17.0 Å². The van der Waals surface area contributed by atoms with Crippen LogP contribution in [0.3, 0.4) is 0 Å². The zero-order chi connectivity index (χ0) is 19.7. The third-order valence-electron chi connectivity index (χ3n) is 4.71. The number of aromatic nitrogens is 1. The van der Waals surface area contributed by atoms with Crippen LogP contribution in [0.2, 0.25) is 0 Å². The molecular weight excluding hydrogens is 348 g/mol. The van der Waals surface area contributed by atoms with E-state index in [-0.39, 0.29) is 11.4 Å². The number of benzene rings is 3. The second kappa shape index (κ2) is 7.16. The van der Waals surface area contributed by atoms with Crippen molar-refractivity contribution in [3.05, 3.63) is 99.8 Å². The predicted octanol–water partition coefficient (Wildman–Crippen LogP) is 5.06. The van der Waals surface area contributed by atoms with E-state index in [1.807, 2.05) is 80.6 Å². The van der Waals surface area contributed by atoms with Gasteiger partial charge in [-0.15, -0.1) is 0 Å². The summed E-state index contributed by atoms with van der Waals surface area (Å²) >= 11 is 0. The van der Waals surface area contributed by atoms with Crippen LogP contribution >= 0.6 is 0 Å². The Morgan fingerprint density at radius 3 is 2.25 bits per heavy atom. The number of rotatable bonds is 3. The van der Waals surface area contributed by atoms with Gasteiger partial charge in [-0.25, -0.2) is 4.57 Å². The number of nitrogens with zero attached hydrogens (tertiary/aromatic N) is 2. The molecule has 1 N–H and O–H groups in total. The number of hydrogen-bond acceptors (Lipinski definition) is 3. The largest absolute Gasteiger partial charge is 0.494 e. The monoisotopic (exact) mass is 368 g/mol. The molecule has 0 aliphatic carbocycles. The fraction of sp³-hybridized carbons (Fsp3) is 0.0833. The van der Waals surface area contributed by atoms with Crippen molar-refractivity contribution in [2.45, 2.75) is 13.8 Å². The zero-order valence-electron chi connectivity index (χ0n) is 15.8. The van der Waals surface area contributed by atoms with Crippen molar-refractivity contribution in [1.29, 1.82) is 0 Å². The van der Waals surface area contributed by atoms with Gasteiger partial charge in [0.1, 0.15) is 0 Å². The summed E-state index contributed by atoms with van der Waals surface area (Å²) in [4.78, 5) is 17.6. The third-order valence-corrected chi connectivity index (χ3v) is 4.71. The molecule has 0 atom stereocenters. The highest BCUT2D eigenvalue weighted by molar-refractivity contribution is 6.02. The molecule has 28 heavy (non-hydrogen) atoms. The van der Waals surface area contributed by atoms with E-state index < -0.39 is 0 Å². The van der Waals surface area contributed by atoms with E-state index in [1.54, 1.807) is 12.3 Å².